The van der Waals surface area contributed by atoms with Crippen molar-refractivity contribution >= 4 is 18.3 Å². The molecule has 1 rings (SSSR count). The molecule has 0 saturated carbocycles. The van der Waals surface area contributed by atoms with Crippen LogP contribution in [0.1, 0.15) is 15.9 Å². The highest BCUT2D eigenvalue weighted by molar-refractivity contribution is 5.94. The second-order valence-electron chi connectivity index (χ2n) is 3.79. The Balaban J connectivity index is 0.00000256. The molecule has 1 N–H and O–H groups in total. The molecule has 0 heterocycles. The van der Waals surface area contributed by atoms with Crippen molar-refractivity contribution in [2.45, 2.75) is 6.92 Å². The smallest absolute Gasteiger partial charge is 0.253 e. The molecule has 1 aromatic rings. The summed E-state index contributed by atoms with van der Waals surface area (Å²) in [5, 5.41) is 2.97. The monoisotopic (exact) mass is 260 g/mol. The zero-order valence-corrected chi connectivity index (χ0v) is 11.1. The fourth-order valence-electron chi connectivity index (χ4n) is 1.38. The van der Waals surface area contributed by atoms with Gasteiger partial charge in [-0.2, -0.15) is 0 Å². The standard InChI is InChI=1S/C12H17FN2O.ClH/c1-9-8-10(4-5-11(9)13)12(16)15(3)7-6-14-2;/h4-5,8,14H,6-7H2,1-3H3;1H. The first-order chi connectivity index (χ1) is 7.56. The van der Waals surface area contributed by atoms with Crippen molar-refractivity contribution in [3.63, 3.8) is 0 Å². The van der Waals surface area contributed by atoms with Gasteiger partial charge in [-0.25, -0.2) is 4.39 Å². The highest BCUT2D eigenvalue weighted by Crippen LogP contribution is 2.10. The maximum Gasteiger partial charge on any atom is 0.253 e. The van der Waals surface area contributed by atoms with Gasteiger partial charge in [0.2, 0.25) is 0 Å². The summed E-state index contributed by atoms with van der Waals surface area (Å²) in [6.07, 6.45) is 0. The molecule has 0 atom stereocenters. The average Bonchev–Trinajstić information content (AvgIpc) is 2.28. The Morgan fingerprint density at radius 2 is 2.12 bits per heavy atom. The van der Waals surface area contributed by atoms with Crippen molar-refractivity contribution in [2.75, 3.05) is 27.2 Å². The van der Waals surface area contributed by atoms with Crippen LogP contribution in [0.4, 0.5) is 4.39 Å². The second-order valence-corrected chi connectivity index (χ2v) is 3.79. The fourth-order valence-corrected chi connectivity index (χ4v) is 1.38. The molecule has 1 aromatic carbocycles. The van der Waals surface area contributed by atoms with E-state index in [4.69, 9.17) is 0 Å². The van der Waals surface area contributed by atoms with Crippen molar-refractivity contribution in [1.29, 1.82) is 0 Å². The van der Waals surface area contributed by atoms with Gasteiger partial charge in [0, 0.05) is 25.7 Å². The van der Waals surface area contributed by atoms with Crippen molar-refractivity contribution in [1.82, 2.24) is 10.2 Å². The topological polar surface area (TPSA) is 32.3 Å². The number of carbonyl (C=O) groups excluding carboxylic acids is 1. The average molecular weight is 261 g/mol. The second kappa shape index (κ2) is 7.25. The van der Waals surface area contributed by atoms with Crippen LogP contribution in [0.5, 0.6) is 0 Å². The predicted molar refractivity (Wildman–Crippen MR) is 69.3 cm³/mol. The molecule has 0 radical (unpaired) electrons. The Morgan fingerprint density at radius 1 is 1.47 bits per heavy atom. The summed E-state index contributed by atoms with van der Waals surface area (Å²) in [7, 11) is 3.57. The Hall–Kier alpha value is -1.13. The number of nitrogens with one attached hydrogen (secondary N) is 1. The van der Waals surface area contributed by atoms with Gasteiger partial charge in [0.05, 0.1) is 0 Å². The van der Waals surface area contributed by atoms with Crippen molar-refractivity contribution in [3.8, 4) is 0 Å². The summed E-state index contributed by atoms with van der Waals surface area (Å²) >= 11 is 0. The molecule has 0 unspecified atom stereocenters. The van der Waals surface area contributed by atoms with E-state index in [9.17, 15) is 9.18 Å². The molecule has 0 aromatic heterocycles. The van der Waals surface area contributed by atoms with Gasteiger partial charge in [-0.15, -0.1) is 12.4 Å². The predicted octanol–water partition coefficient (Wildman–Crippen LogP) is 1.85. The van der Waals surface area contributed by atoms with E-state index in [2.05, 4.69) is 5.32 Å². The first kappa shape index (κ1) is 15.9. The molecule has 0 aliphatic heterocycles. The number of rotatable bonds is 4. The Labute approximate surface area is 107 Å². The largest absolute Gasteiger partial charge is 0.340 e. The van der Waals surface area contributed by atoms with E-state index in [0.717, 1.165) is 6.54 Å². The van der Waals surface area contributed by atoms with E-state index < -0.39 is 0 Å². The lowest BCUT2D eigenvalue weighted by Gasteiger charge is -2.17. The Kier molecular flexibility index (Phi) is 6.76. The van der Waals surface area contributed by atoms with Gasteiger partial charge in [0.25, 0.3) is 5.91 Å². The van der Waals surface area contributed by atoms with Gasteiger partial charge >= 0.3 is 0 Å². The SMILES string of the molecule is CNCCN(C)C(=O)c1ccc(F)c(C)c1.Cl. The van der Waals surface area contributed by atoms with Crippen molar-refractivity contribution in [3.05, 3.63) is 35.1 Å². The minimum absolute atomic E-state index is 0. The quantitative estimate of drug-likeness (QED) is 0.896. The third-order valence-corrected chi connectivity index (χ3v) is 2.45. The third-order valence-electron chi connectivity index (χ3n) is 2.45. The van der Waals surface area contributed by atoms with Crippen LogP contribution < -0.4 is 5.32 Å². The van der Waals surface area contributed by atoms with Gasteiger partial charge in [-0.05, 0) is 37.7 Å². The lowest BCUT2D eigenvalue weighted by atomic mass is 10.1. The number of benzene rings is 1. The van der Waals surface area contributed by atoms with Crippen LogP contribution in [0.15, 0.2) is 18.2 Å². The number of carbonyl (C=O) groups is 1. The third kappa shape index (κ3) is 4.32. The lowest BCUT2D eigenvalue weighted by Crippen LogP contribution is -2.32. The van der Waals surface area contributed by atoms with Gasteiger partial charge in [-0.1, -0.05) is 0 Å². The van der Waals surface area contributed by atoms with E-state index in [1.165, 1.54) is 12.1 Å². The van der Waals surface area contributed by atoms with Crippen LogP contribution in [-0.4, -0.2) is 38.0 Å². The summed E-state index contributed by atoms with van der Waals surface area (Å²) in [6, 6.07) is 4.42. The maximum absolute atomic E-state index is 13.0. The first-order valence-corrected chi connectivity index (χ1v) is 5.22. The van der Waals surface area contributed by atoms with Crippen LogP contribution in [0.2, 0.25) is 0 Å². The zero-order chi connectivity index (χ0) is 12.1. The normalized spacial score (nSPS) is 9.65. The number of hydrogen-bond acceptors (Lipinski definition) is 2. The van der Waals surface area contributed by atoms with Crippen LogP contribution in [0, 0.1) is 12.7 Å². The highest BCUT2D eigenvalue weighted by atomic mass is 35.5. The van der Waals surface area contributed by atoms with E-state index >= 15 is 0 Å². The Morgan fingerprint density at radius 3 is 2.65 bits per heavy atom. The summed E-state index contributed by atoms with van der Waals surface area (Å²) < 4.78 is 13.0. The number of amides is 1. The highest BCUT2D eigenvalue weighted by Gasteiger charge is 2.11. The van der Waals surface area contributed by atoms with Crippen molar-refractivity contribution < 1.29 is 9.18 Å². The Bertz CT molecular complexity index is 385. The molecule has 3 nitrogen and oxygen atoms in total. The summed E-state index contributed by atoms with van der Waals surface area (Å²) in [4.78, 5) is 13.5. The lowest BCUT2D eigenvalue weighted by molar-refractivity contribution is 0.0796. The van der Waals surface area contributed by atoms with Gasteiger partial charge in [-0.3, -0.25) is 4.79 Å². The van der Waals surface area contributed by atoms with E-state index in [0.29, 0.717) is 17.7 Å². The van der Waals surface area contributed by atoms with Crippen LogP contribution in [0.3, 0.4) is 0 Å². The van der Waals surface area contributed by atoms with E-state index in [-0.39, 0.29) is 24.1 Å². The molecule has 5 heteroatoms. The molecule has 0 saturated heterocycles. The van der Waals surface area contributed by atoms with Crippen molar-refractivity contribution in [2.24, 2.45) is 0 Å². The zero-order valence-electron chi connectivity index (χ0n) is 10.3. The number of likely N-dealkylation sites (N-methyl/N-ethyl adjacent to an activating group) is 2. The van der Waals surface area contributed by atoms with Gasteiger partial charge < -0.3 is 10.2 Å². The molecular weight excluding hydrogens is 243 g/mol. The van der Waals surface area contributed by atoms with Gasteiger partial charge in [0.15, 0.2) is 0 Å². The number of halogens is 2. The van der Waals surface area contributed by atoms with E-state index in [1.807, 2.05) is 7.05 Å². The number of nitrogens with zero attached hydrogens (tertiary/aromatic N) is 1. The molecule has 17 heavy (non-hydrogen) atoms. The summed E-state index contributed by atoms with van der Waals surface area (Å²) in [5.41, 5.74) is 1.02. The maximum atomic E-state index is 13.0. The minimum atomic E-state index is -0.283. The van der Waals surface area contributed by atoms with Crippen LogP contribution in [0.25, 0.3) is 0 Å². The molecular formula is C12H18ClFN2O. The van der Waals surface area contributed by atoms with E-state index in [1.54, 1.807) is 24.9 Å². The molecule has 1 amide bonds. The molecule has 96 valence electrons. The molecule has 0 spiro atoms. The fraction of sp³-hybridized carbons (Fsp3) is 0.417. The number of aryl methyl sites for hydroxylation is 1. The van der Waals surface area contributed by atoms with Gasteiger partial charge in [0.1, 0.15) is 5.82 Å². The molecule has 0 bridgehead atoms. The summed E-state index contributed by atoms with van der Waals surface area (Å²) in [5.74, 6) is -0.368. The number of hydrogen-bond donors (Lipinski definition) is 1. The minimum Gasteiger partial charge on any atom is -0.340 e. The molecule has 0 fully saturated rings. The van der Waals surface area contributed by atoms with Crippen LogP contribution >= 0.6 is 12.4 Å². The molecule has 0 aliphatic carbocycles. The first-order valence-electron chi connectivity index (χ1n) is 5.22. The van der Waals surface area contributed by atoms with Crippen LogP contribution in [-0.2, 0) is 0 Å². The summed E-state index contributed by atoms with van der Waals surface area (Å²) in [6.45, 7) is 3.02. The molecule has 0 aliphatic rings.